The Bertz CT molecular complexity index is 1260. The van der Waals surface area contributed by atoms with Crippen molar-refractivity contribution in [2.24, 2.45) is 11.1 Å². The van der Waals surface area contributed by atoms with Gasteiger partial charge in [0.1, 0.15) is 6.10 Å². The van der Waals surface area contributed by atoms with E-state index in [2.05, 4.69) is 51.7 Å². The molecule has 4 atom stereocenters. The number of nitrogens with one attached hydrogen (secondary N) is 3. The van der Waals surface area contributed by atoms with Gasteiger partial charge in [0.05, 0.1) is 18.4 Å². The first-order valence-electron chi connectivity index (χ1n) is 14.4. The van der Waals surface area contributed by atoms with Crippen molar-refractivity contribution in [3.63, 3.8) is 0 Å². The average Bonchev–Trinajstić information content (AvgIpc) is 3.45. The van der Waals surface area contributed by atoms with Crippen LogP contribution in [0.25, 0.3) is 11.2 Å². The van der Waals surface area contributed by atoms with Crippen LogP contribution < -0.4 is 21.7 Å². The van der Waals surface area contributed by atoms with Gasteiger partial charge < -0.3 is 36.1 Å². The summed E-state index contributed by atoms with van der Waals surface area (Å²) in [6, 6.07) is -1.73. The van der Waals surface area contributed by atoms with Gasteiger partial charge in [-0.05, 0) is 43.9 Å². The predicted octanol–water partition coefficient (Wildman–Crippen LogP) is 3.03. The molecule has 2 aliphatic carbocycles. The summed E-state index contributed by atoms with van der Waals surface area (Å²) < 4.78 is 45.8. The number of alkyl halides is 3. The maximum absolute atomic E-state index is 13.2. The highest BCUT2D eigenvalue weighted by Crippen LogP contribution is 2.37. The number of amides is 1. The number of hydrogen-bond acceptors (Lipinski definition) is 10. The van der Waals surface area contributed by atoms with Crippen LogP contribution in [0, 0.1) is 5.41 Å². The zero-order chi connectivity index (χ0) is 30.8. The van der Waals surface area contributed by atoms with Gasteiger partial charge in [0.15, 0.2) is 23.1 Å². The number of halogens is 3. The van der Waals surface area contributed by atoms with Crippen LogP contribution in [0.2, 0.25) is 0 Å². The Morgan fingerprint density at radius 2 is 1.86 bits per heavy atom. The van der Waals surface area contributed by atoms with Gasteiger partial charge in [-0.25, -0.2) is 9.78 Å². The average molecular weight is 599 g/mol. The highest BCUT2D eigenvalue weighted by molar-refractivity contribution is 5.84. The number of anilines is 2. The molecule has 0 spiro atoms. The van der Waals surface area contributed by atoms with Crippen LogP contribution in [0.15, 0.2) is 6.33 Å². The molecule has 234 valence electrons. The number of rotatable bonds is 9. The second-order valence-corrected chi connectivity index (χ2v) is 12.4. The van der Waals surface area contributed by atoms with Crippen LogP contribution in [0.4, 0.5) is 24.9 Å². The molecule has 2 aliphatic rings. The first-order chi connectivity index (χ1) is 19.7. The van der Waals surface area contributed by atoms with Crippen molar-refractivity contribution in [2.45, 2.75) is 115 Å². The maximum Gasteiger partial charge on any atom is 0.490 e. The molecule has 42 heavy (non-hydrogen) atoms. The molecule has 2 aromatic heterocycles. The Labute approximate surface area is 242 Å². The van der Waals surface area contributed by atoms with Gasteiger partial charge in [0.2, 0.25) is 11.9 Å². The van der Waals surface area contributed by atoms with Crippen LogP contribution in [-0.2, 0) is 14.3 Å². The van der Waals surface area contributed by atoms with Gasteiger partial charge in [-0.15, -0.1) is 0 Å². The number of nitrogens with two attached hydrogens (primary N) is 1. The second-order valence-electron chi connectivity index (χ2n) is 12.4. The predicted molar refractivity (Wildman–Crippen MR) is 150 cm³/mol. The van der Waals surface area contributed by atoms with E-state index in [9.17, 15) is 27.9 Å². The SMILES string of the molecule is CCC(=O)N[C@H]1C[C@@H](n2cnc3c(NCCC(C)(C)C)nc(NC4CCC(N)CC4)nc32)[C@H](OC(=O)C(F)(F)F)[C@@H]1O. The van der Waals surface area contributed by atoms with E-state index in [1.54, 1.807) is 6.92 Å². The minimum atomic E-state index is -5.27. The van der Waals surface area contributed by atoms with Gasteiger partial charge in [0.25, 0.3) is 0 Å². The Kier molecular flexibility index (Phi) is 9.50. The highest BCUT2D eigenvalue weighted by Gasteiger charge is 2.51. The number of carbonyl (C=O) groups is 2. The van der Waals surface area contributed by atoms with E-state index in [1.807, 2.05) is 0 Å². The van der Waals surface area contributed by atoms with E-state index >= 15 is 0 Å². The number of ether oxygens (including phenoxy) is 1. The molecule has 12 nitrogen and oxygen atoms in total. The van der Waals surface area contributed by atoms with Gasteiger partial charge in [0, 0.05) is 25.0 Å². The number of carbonyl (C=O) groups excluding carboxylic acids is 2. The maximum atomic E-state index is 13.2. The quantitative estimate of drug-likeness (QED) is 0.271. The van der Waals surface area contributed by atoms with E-state index in [1.165, 1.54) is 10.9 Å². The van der Waals surface area contributed by atoms with Crippen molar-refractivity contribution in [2.75, 3.05) is 17.2 Å². The van der Waals surface area contributed by atoms with Crippen molar-refractivity contribution in [1.29, 1.82) is 0 Å². The largest absolute Gasteiger partial charge is 0.490 e. The smallest absolute Gasteiger partial charge is 0.451 e. The third-order valence-corrected chi connectivity index (χ3v) is 7.82. The van der Waals surface area contributed by atoms with E-state index in [4.69, 9.17) is 10.5 Å². The topological polar surface area (TPSA) is 169 Å². The molecule has 2 heterocycles. The zero-order valence-electron chi connectivity index (χ0n) is 24.4. The molecule has 0 aliphatic heterocycles. The summed E-state index contributed by atoms with van der Waals surface area (Å²) in [5.41, 5.74) is 6.76. The van der Waals surface area contributed by atoms with Crippen molar-refractivity contribution < 1.29 is 32.6 Å². The number of esters is 1. The van der Waals surface area contributed by atoms with Crippen LogP contribution >= 0.6 is 0 Å². The Morgan fingerprint density at radius 3 is 2.48 bits per heavy atom. The molecule has 0 aromatic carbocycles. The van der Waals surface area contributed by atoms with Crippen LogP contribution in [0.3, 0.4) is 0 Å². The molecule has 0 bridgehead atoms. The fourth-order valence-corrected chi connectivity index (χ4v) is 5.40. The first-order valence-corrected chi connectivity index (χ1v) is 14.4. The van der Waals surface area contributed by atoms with Gasteiger partial charge in [-0.3, -0.25) is 4.79 Å². The minimum absolute atomic E-state index is 0.0196. The number of aliphatic hydroxyl groups is 1. The zero-order valence-corrected chi connectivity index (χ0v) is 24.4. The summed E-state index contributed by atoms with van der Waals surface area (Å²) in [5.74, 6) is -2.08. The number of aromatic nitrogens is 4. The normalized spacial score (nSPS) is 26.7. The van der Waals surface area contributed by atoms with Crippen molar-refractivity contribution in [3.8, 4) is 0 Å². The highest BCUT2D eigenvalue weighted by atomic mass is 19.4. The Hall–Kier alpha value is -3.20. The standard InChI is InChI=1S/C27H41F3N8O4/c1-5-18(39)35-16-12-17(21(20(16)40)42-24(41)27(28,29)30)38-13-33-19-22(32-11-10-26(2,3)4)36-25(37-23(19)38)34-15-8-6-14(31)7-9-15/h13-17,20-21,40H,5-12,31H2,1-4H3,(H,35,39)(H2,32,34,36,37)/t14?,15?,16-,17+,20+,21-/m0/s1. The number of nitrogens with zero attached hydrogens (tertiary/aromatic N) is 4. The number of aliphatic hydroxyl groups excluding tert-OH is 1. The Morgan fingerprint density at radius 1 is 1.17 bits per heavy atom. The van der Waals surface area contributed by atoms with Crippen LogP contribution in [0.1, 0.15) is 78.7 Å². The molecule has 15 heteroatoms. The number of imidazole rings is 1. The molecule has 2 aromatic rings. The second kappa shape index (κ2) is 12.6. The molecule has 1 amide bonds. The number of fused-ring (bicyclic) bond motifs is 1. The molecule has 0 radical (unpaired) electrons. The van der Waals surface area contributed by atoms with Crippen molar-refractivity contribution >= 4 is 34.8 Å². The summed E-state index contributed by atoms with van der Waals surface area (Å²) in [7, 11) is 0. The molecule has 6 N–H and O–H groups in total. The lowest BCUT2D eigenvalue weighted by Gasteiger charge is -2.27. The monoisotopic (exact) mass is 598 g/mol. The molecule has 2 fully saturated rings. The van der Waals surface area contributed by atoms with Gasteiger partial charge >= 0.3 is 12.1 Å². The summed E-state index contributed by atoms with van der Waals surface area (Å²) >= 11 is 0. The molecule has 4 rings (SSSR count). The molecular formula is C27H41F3N8O4. The van der Waals surface area contributed by atoms with Crippen LogP contribution in [0.5, 0.6) is 0 Å². The first kappa shape index (κ1) is 31.7. The van der Waals surface area contributed by atoms with E-state index in [0.717, 1.165) is 32.1 Å². The summed E-state index contributed by atoms with van der Waals surface area (Å²) in [4.78, 5) is 37.8. The van der Waals surface area contributed by atoms with Crippen LogP contribution in [-0.4, -0.2) is 79.6 Å². The summed E-state index contributed by atoms with van der Waals surface area (Å²) in [6.07, 6.45) is -2.82. The third kappa shape index (κ3) is 7.60. The Balaban J connectivity index is 1.72. The van der Waals surface area contributed by atoms with Crippen molar-refractivity contribution in [1.82, 2.24) is 24.8 Å². The lowest BCUT2D eigenvalue weighted by atomic mass is 9.92. The molecule has 2 saturated carbocycles. The number of hydrogen-bond donors (Lipinski definition) is 5. The summed E-state index contributed by atoms with van der Waals surface area (Å²) in [6.45, 7) is 8.53. The van der Waals surface area contributed by atoms with Gasteiger partial charge in [-0.2, -0.15) is 23.1 Å². The van der Waals surface area contributed by atoms with E-state index < -0.39 is 42.3 Å². The van der Waals surface area contributed by atoms with Gasteiger partial charge in [-0.1, -0.05) is 27.7 Å². The lowest BCUT2D eigenvalue weighted by molar-refractivity contribution is -0.209. The fraction of sp³-hybridized carbons (Fsp3) is 0.741. The van der Waals surface area contributed by atoms with E-state index in [0.29, 0.717) is 23.8 Å². The van der Waals surface area contributed by atoms with E-state index in [-0.39, 0.29) is 36.0 Å². The third-order valence-electron chi connectivity index (χ3n) is 7.82. The molecule has 0 saturated heterocycles. The molecular weight excluding hydrogens is 557 g/mol. The van der Waals surface area contributed by atoms with Crippen molar-refractivity contribution in [3.05, 3.63) is 6.33 Å². The minimum Gasteiger partial charge on any atom is -0.451 e. The summed E-state index contributed by atoms with van der Waals surface area (Å²) in [5, 5.41) is 20.2. The fourth-order valence-electron chi connectivity index (χ4n) is 5.40. The lowest BCUT2D eigenvalue weighted by Crippen LogP contribution is -2.45. The molecule has 0 unspecified atom stereocenters.